The van der Waals surface area contributed by atoms with Gasteiger partial charge in [-0.25, -0.2) is 0 Å². The summed E-state index contributed by atoms with van der Waals surface area (Å²) in [6, 6.07) is 1.57. The molecule has 0 spiro atoms. The first-order chi connectivity index (χ1) is 8.70. The highest BCUT2D eigenvalue weighted by atomic mass is 16.2. The molecule has 1 aliphatic rings. The minimum absolute atomic E-state index is 0.174. The molecule has 0 aromatic rings. The van der Waals surface area contributed by atoms with Gasteiger partial charge in [0.05, 0.1) is 6.07 Å². The Bertz CT molecular complexity index is 398. The largest absolute Gasteiger partial charge is 0.344 e. The Morgan fingerprint density at radius 2 is 1.79 bits per heavy atom. The number of hydrogen-bond acceptors (Lipinski definition) is 3. The van der Waals surface area contributed by atoms with Crippen LogP contribution >= 0.6 is 0 Å². The number of amides is 2. The Hall–Kier alpha value is -1.57. The van der Waals surface area contributed by atoms with Gasteiger partial charge in [0.2, 0.25) is 11.8 Å². The van der Waals surface area contributed by atoms with Gasteiger partial charge >= 0.3 is 0 Å². The van der Waals surface area contributed by atoms with Crippen molar-refractivity contribution in [1.29, 1.82) is 5.26 Å². The van der Waals surface area contributed by atoms with Gasteiger partial charge in [-0.3, -0.25) is 9.59 Å². The first kappa shape index (κ1) is 15.5. The molecule has 0 aliphatic heterocycles. The van der Waals surface area contributed by atoms with Crippen LogP contribution in [-0.4, -0.2) is 23.4 Å². The van der Waals surface area contributed by atoms with Gasteiger partial charge in [0.15, 0.2) is 0 Å². The van der Waals surface area contributed by atoms with Crippen LogP contribution < -0.4 is 10.6 Å². The average molecular weight is 265 g/mol. The van der Waals surface area contributed by atoms with E-state index in [1.54, 1.807) is 27.7 Å². The van der Waals surface area contributed by atoms with Gasteiger partial charge in [-0.2, -0.15) is 5.26 Å². The van der Waals surface area contributed by atoms with E-state index in [1.807, 2.05) is 0 Å². The Morgan fingerprint density at radius 3 is 2.21 bits per heavy atom. The van der Waals surface area contributed by atoms with Gasteiger partial charge < -0.3 is 10.6 Å². The maximum Gasteiger partial charge on any atom is 0.243 e. The van der Waals surface area contributed by atoms with Crippen molar-refractivity contribution < 1.29 is 9.59 Å². The molecule has 0 radical (unpaired) electrons. The second-order valence-corrected chi connectivity index (χ2v) is 6.34. The van der Waals surface area contributed by atoms with Crippen LogP contribution in [0.1, 0.15) is 53.4 Å². The van der Waals surface area contributed by atoms with Gasteiger partial charge in [-0.05, 0) is 32.6 Å². The summed E-state index contributed by atoms with van der Waals surface area (Å²) in [7, 11) is 0. The fourth-order valence-corrected chi connectivity index (χ4v) is 2.07. The van der Waals surface area contributed by atoms with Crippen LogP contribution in [0.4, 0.5) is 0 Å². The molecule has 1 unspecified atom stereocenters. The normalized spacial score (nSPS) is 19.3. The lowest BCUT2D eigenvalue weighted by atomic mass is 9.95. The second kappa shape index (κ2) is 5.60. The van der Waals surface area contributed by atoms with Crippen molar-refractivity contribution >= 4 is 11.8 Å². The van der Waals surface area contributed by atoms with E-state index in [2.05, 4.69) is 16.7 Å². The maximum atomic E-state index is 12.0. The highest BCUT2D eigenvalue weighted by Crippen LogP contribution is 2.28. The molecule has 2 amide bonds. The standard InChI is InChI=1S/C14H23N3O2/c1-10(16-12(19)13(2,3)4)11(18)17-14(9-15)7-5-6-8-14/h10H,5-8H2,1-4H3,(H,16,19)(H,17,18). The molecule has 1 saturated carbocycles. The van der Waals surface area contributed by atoms with Gasteiger partial charge in [-0.1, -0.05) is 20.8 Å². The molecule has 2 N–H and O–H groups in total. The van der Waals surface area contributed by atoms with Crippen molar-refractivity contribution in [2.24, 2.45) is 5.41 Å². The molecule has 106 valence electrons. The van der Waals surface area contributed by atoms with Crippen molar-refractivity contribution in [3.63, 3.8) is 0 Å². The molecule has 0 heterocycles. The lowest BCUT2D eigenvalue weighted by Crippen LogP contribution is -2.54. The van der Waals surface area contributed by atoms with Crippen molar-refractivity contribution in [3.8, 4) is 6.07 Å². The molecule has 1 rings (SSSR count). The third-order valence-electron chi connectivity index (χ3n) is 3.46. The number of hydrogen-bond donors (Lipinski definition) is 2. The summed E-state index contributed by atoms with van der Waals surface area (Å²) in [6.45, 7) is 7.01. The van der Waals surface area contributed by atoms with E-state index in [0.717, 1.165) is 12.8 Å². The molecular formula is C14H23N3O2. The Morgan fingerprint density at radius 1 is 1.26 bits per heavy atom. The molecule has 0 bridgehead atoms. The third-order valence-corrected chi connectivity index (χ3v) is 3.46. The van der Waals surface area contributed by atoms with E-state index in [-0.39, 0.29) is 11.8 Å². The van der Waals surface area contributed by atoms with Crippen LogP contribution in [0.15, 0.2) is 0 Å². The highest BCUT2D eigenvalue weighted by Gasteiger charge is 2.37. The van der Waals surface area contributed by atoms with Crippen LogP contribution in [-0.2, 0) is 9.59 Å². The number of carbonyl (C=O) groups excluding carboxylic acids is 2. The monoisotopic (exact) mass is 265 g/mol. The van der Waals surface area contributed by atoms with Gasteiger partial charge in [-0.15, -0.1) is 0 Å². The van der Waals surface area contributed by atoms with Gasteiger partial charge in [0, 0.05) is 5.41 Å². The van der Waals surface area contributed by atoms with E-state index in [0.29, 0.717) is 12.8 Å². The van der Waals surface area contributed by atoms with Gasteiger partial charge in [0.1, 0.15) is 11.6 Å². The zero-order valence-electron chi connectivity index (χ0n) is 12.2. The summed E-state index contributed by atoms with van der Waals surface area (Å²) in [4.78, 5) is 23.9. The number of rotatable bonds is 3. The van der Waals surface area contributed by atoms with Crippen LogP contribution in [0.2, 0.25) is 0 Å². The highest BCUT2D eigenvalue weighted by molar-refractivity contribution is 5.89. The summed E-state index contributed by atoms with van der Waals surface area (Å²) < 4.78 is 0. The quantitative estimate of drug-likeness (QED) is 0.811. The van der Waals surface area contributed by atoms with E-state index in [1.165, 1.54) is 0 Å². The SMILES string of the molecule is CC(NC(=O)C(C)(C)C)C(=O)NC1(C#N)CCCC1. The third kappa shape index (κ3) is 3.95. The second-order valence-electron chi connectivity index (χ2n) is 6.34. The molecular weight excluding hydrogens is 242 g/mol. The van der Waals surface area contributed by atoms with E-state index < -0.39 is 17.0 Å². The van der Waals surface area contributed by atoms with Crippen LogP contribution in [0, 0.1) is 16.7 Å². The molecule has 5 heteroatoms. The Balaban J connectivity index is 2.59. The fourth-order valence-electron chi connectivity index (χ4n) is 2.07. The van der Waals surface area contributed by atoms with E-state index in [4.69, 9.17) is 0 Å². The molecule has 0 aromatic carbocycles. The summed E-state index contributed by atoms with van der Waals surface area (Å²) >= 11 is 0. The maximum absolute atomic E-state index is 12.0. The summed E-state index contributed by atoms with van der Waals surface area (Å²) in [5, 5.41) is 14.7. The van der Waals surface area contributed by atoms with Crippen LogP contribution in [0.3, 0.4) is 0 Å². The van der Waals surface area contributed by atoms with Crippen LogP contribution in [0.25, 0.3) is 0 Å². The molecule has 0 aromatic heterocycles. The fraction of sp³-hybridized carbons (Fsp3) is 0.786. The molecule has 1 aliphatic carbocycles. The smallest absolute Gasteiger partial charge is 0.243 e. The number of nitrogens with one attached hydrogen (secondary N) is 2. The minimum Gasteiger partial charge on any atom is -0.344 e. The Labute approximate surface area is 114 Å². The zero-order chi connectivity index (χ0) is 14.7. The average Bonchev–Trinajstić information content (AvgIpc) is 2.76. The van der Waals surface area contributed by atoms with Crippen molar-refractivity contribution in [2.45, 2.75) is 65.0 Å². The lowest BCUT2D eigenvalue weighted by Gasteiger charge is -2.26. The number of carbonyl (C=O) groups is 2. The predicted octanol–water partition coefficient (Wildman–Crippen LogP) is 1.49. The number of nitrogens with zero attached hydrogens (tertiary/aromatic N) is 1. The van der Waals surface area contributed by atoms with Crippen molar-refractivity contribution in [1.82, 2.24) is 10.6 Å². The first-order valence-electron chi connectivity index (χ1n) is 6.74. The Kier molecular flexibility index (Phi) is 4.56. The van der Waals surface area contributed by atoms with Crippen LogP contribution in [0.5, 0.6) is 0 Å². The lowest BCUT2D eigenvalue weighted by molar-refractivity contribution is -0.133. The van der Waals surface area contributed by atoms with Gasteiger partial charge in [0.25, 0.3) is 0 Å². The molecule has 0 saturated heterocycles. The number of nitriles is 1. The summed E-state index contributed by atoms with van der Waals surface area (Å²) in [6.07, 6.45) is 3.29. The molecule has 5 nitrogen and oxygen atoms in total. The van der Waals surface area contributed by atoms with Crippen molar-refractivity contribution in [2.75, 3.05) is 0 Å². The predicted molar refractivity (Wildman–Crippen MR) is 72.0 cm³/mol. The first-order valence-corrected chi connectivity index (χ1v) is 6.74. The topological polar surface area (TPSA) is 82.0 Å². The zero-order valence-corrected chi connectivity index (χ0v) is 12.2. The van der Waals surface area contributed by atoms with Crippen molar-refractivity contribution in [3.05, 3.63) is 0 Å². The molecule has 19 heavy (non-hydrogen) atoms. The summed E-state index contributed by atoms with van der Waals surface area (Å²) in [5.74, 6) is -0.464. The summed E-state index contributed by atoms with van der Waals surface area (Å²) in [5.41, 5.74) is -1.27. The van der Waals surface area contributed by atoms with E-state index in [9.17, 15) is 14.9 Å². The molecule has 1 atom stereocenters. The molecule has 1 fully saturated rings. The minimum atomic E-state index is -0.738. The van der Waals surface area contributed by atoms with E-state index >= 15 is 0 Å².